The SMILES string of the molecule is CC(C)(C)OC(=O)N1CC2(C1)CN(c1ccc(F)cn1)C2. The molecule has 0 N–H and O–H groups in total. The Morgan fingerprint density at radius 1 is 1.29 bits per heavy atom. The molecule has 3 rings (SSSR count). The summed E-state index contributed by atoms with van der Waals surface area (Å²) in [6, 6.07) is 3.10. The Morgan fingerprint density at radius 2 is 1.95 bits per heavy atom. The third kappa shape index (κ3) is 2.80. The van der Waals surface area contributed by atoms with Crippen molar-refractivity contribution in [3.63, 3.8) is 0 Å². The first kappa shape index (κ1) is 14.1. The maximum absolute atomic E-state index is 12.8. The Balaban J connectivity index is 1.50. The number of carbonyl (C=O) groups excluding carboxylic acids is 1. The van der Waals surface area contributed by atoms with Crippen molar-refractivity contribution >= 4 is 11.9 Å². The van der Waals surface area contributed by atoms with E-state index in [9.17, 15) is 9.18 Å². The summed E-state index contributed by atoms with van der Waals surface area (Å²) in [4.78, 5) is 19.8. The minimum atomic E-state index is -0.455. The van der Waals surface area contributed by atoms with Crippen molar-refractivity contribution < 1.29 is 13.9 Å². The lowest BCUT2D eigenvalue weighted by molar-refractivity contribution is -0.0454. The zero-order valence-corrected chi connectivity index (χ0v) is 12.6. The predicted octanol–water partition coefficient (Wildman–Crippen LogP) is 2.28. The van der Waals surface area contributed by atoms with Gasteiger partial charge in [0, 0.05) is 31.6 Å². The fraction of sp³-hybridized carbons (Fsp3) is 0.600. The molecule has 0 radical (unpaired) electrons. The van der Waals surface area contributed by atoms with Crippen molar-refractivity contribution in [3.8, 4) is 0 Å². The molecular formula is C15H20FN3O2. The minimum absolute atomic E-state index is 0.160. The molecule has 0 atom stereocenters. The molecule has 0 aliphatic carbocycles. The Kier molecular flexibility index (Phi) is 3.07. The summed E-state index contributed by atoms with van der Waals surface area (Å²) in [7, 11) is 0. The number of halogens is 1. The van der Waals surface area contributed by atoms with Crippen LogP contribution in [0.25, 0.3) is 0 Å². The molecular weight excluding hydrogens is 273 g/mol. The third-order valence-corrected chi connectivity index (χ3v) is 3.79. The van der Waals surface area contributed by atoms with Crippen LogP contribution in [0.15, 0.2) is 18.3 Å². The van der Waals surface area contributed by atoms with E-state index in [4.69, 9.17) is 4.74 Å². The van der Waals surface area contributed by atoms with Crippen LogP contribution in [0.3, 0.4) is 0 Å². The van der Waals surface area contributed by atoms with Crippen LogP contribution >= 0.6 is 0 Å². The van der Waals surface area contributed by atoms with E-state index in [0.717, 1.165) is 32.0 Å². The van der Waals surface area contributed by atoms with Gasteiger partial charge in [-0.1, -0.05) is 0 Å². The molecule has 2 saturated heterocycles. The van der Waals surface area contributed by atoms with Crippen molar-refractivity contribution in [1.29, 1.82) is 0 Å². The largest absolute Gasteiger partial charge is 0.444 e. The molecule has 1 aromatic heterocycles. The van der Waals surface area contributed by atoms with E-state index in [-0.39, 0.29) is 17.3 Å². The van der Waals surface area contributed by atoms with Crippen LogP contribution in [0.1, 0.15) is 20.8 Å². The van der Waals surface area contributed by atoms with Crippen LogP contribution in [-0.2, 0) is 4.74 Å². The Morgan fingerprint density at radius 3 is 2.48 bits per heavy atom. The molecule has 1 amide bonds. The van der Waals surface area contributed by atoms with Gasteiger partial charge in [0.25, 0.3) is 0 Å². The number of nitrogens with zero attached hydrogens (tertiary/aromatic N) is 3. The van der Waals surface area contributed by atoms with Crippen molar-refractivity contribution in [2.24, 2.45) is 5.41 Å². The maximum Gasteiger partial charge on any atom is 0.410 e. The lowest BCUT2D eigenvalue weighted by Crippen LogP contribution is -2.73. The number of aromatic nitrogens is 1. The Bertz CT molecular complexity index is 539. The fourth-order valence-corrected chi connectivity index (χ4v) is 2.90. The van der Waals surface area contributed by atoms with E-state index < -0.39 is 5.60 Å². The Hall–Kier alpha value is -1.85. The van der Waals surface area contributed by atoms with Crippen molar-refractivity contribution in [2.75, 3.05) is 31.1 Å². The van der Waals surface area contributed by atoms with E-state index in [0.29, 0.717) is 0 Å². The number of pyridine rings is 1. The van der Waals surface area contributed by atoms with Crippen LogP contribution in [0.5, 0.6) is 0 Å². The quantitative estimate of drug-likeness (QED) is 0.797. The topological polar surface area (TPSA) is 45.7 Å². The molecule has 1 spiro atoms. The number of carbonyl (C=O) groups is 1. The van der Waals surface area contributed by atoms with Gasteiger partial charge >= 0.3 is 6.09 Å². The molecule has 0 unspecified atom stereocenters. The van der Waals surface area contributed by atoms with E-state index in [2.05, 4.69) is 9.88 Å². The van der Waals surface area contributed by atoms with Gasteiger partial charge in [0.05, 0.1) is 6.20 Å². The second-order valence-electron chi connectivity index (χ2n) is 7.03. The summed E-state index contributed by atoms with van der Waals surface area (Å²) in [5, 5.41) is 0. The monoisotopic (exact) mass is 293 g/mol. The highest BCUT2D eigenvalue weighted by Gasteiger charge is 2.54. The molecule has 5 nitrogen and oxygen atoms in total. The minimum Gasteiger partial charge on any atom is -0.444 e. The first-order valence-electron chi connectivity index (χ1n) is 7.11. The molecule has 2 aliphatic rings. The molecule has 3 heterocycles. The number of amides is 1. The summed E-state index contributed by atoms with van der Waals surface area (Å²) in [5.74, 6) is 0.464. The van der Waals surface area contributed by atoms with Crippen molar-refractivity contribution in [2.45, 2.75) is 26.4 Å². The number of likely N-dealkylation sites (tertiary alicyclic amines) is 1. The van der Waals surface area contributed by atoms with Crippen LogP contribution in [-0.4, -0.2) is 47.8 Å². The van der Waals surface area contributed by atoms with Gasteiger partial charge in [-0.15, -0.1) is 0 Å². The number of anilines is 1. The van der Waals surface area contributed by atoms with Gasteiger partial charge in [-0.3, -0.25) is 0 Å². The molecule has 114 valence electrons. The van der Waals surface area contributed by atoms with Crippen molar-refractivity contribution in [1.82, 2.24) is 9.88 Å². The van der Waals surface area contributed by atoms with Gasteiger partial charge in [0.2, 0.25) is 0 Å². The summed E-state index contributed by atoms with van der Waals surface area (Å²) in [5.41, 5.74) is -0.295. The molecule has 1 aromatic rings. The maximum atomic E-state index is 12.8. The number of rotatable bonds is 1. The van der Waals surface area contributed by atoms with Gasteiger partial charge in [-0.05, 0) is 32.9 Å². The van der Waals surface area contributed by atoms with E-state index in [1.807, 2.05) is 20.8 Å². The molecule has 0 saturated carbocycles. The lowest BCUT2D eigenvalue weighted by Gasteiger charge is -2.60. The zero-order chi connectivity index (χ0) is 15.3. The highest BCUT2D eigenvalue weighted by Crippen LogP contribution is 2.41. The summed E-state index contributed by atoms with van der Waals surface area (Å²) < 4.78 is 18.2. The standard InChI is InChI=1S/C15H20FN3O2/c1-14(2,3)21-13(20)19-9-15(10-19)7-18(8-15)12-5-4-11(16)6-17-12/h4-6H,7-10H2,1-3H3. The van der Waals surface area contributed by atoms with E-state index >= 15 is 0 Å². The third-order valence-electron chi connectivity index (χ3n) is 3.79. The number of hydrogen-bond acceptors (Lipinski definition) is 4. The second kappa shape index (κ2) is 4.58. The predicted molar refractivity (Wildman–Crippen MR) is 76.6 cm³/mol. The summed E-state index contributed by atoms with van der Waals surface area (Å²) >= 11 is 0. The molecule has 2 aliphatic heterocycles. The lowest BCUT2D eigenvalue weighted by atomic mass is 9.73. The van der Waals surface area contributed by atoms with Gasteiger partial charge < -0.3 is 14.5 Å². The number of hydrogen-bond donors (Lipinski definition) is 0. The summed E-state index contributed by atoms with van der Waals surface area (Å²) in [6.07, 6.45) is 0.986. The van der Waals surface area contributed by atoms with Gasteiger partial charge in [0.1, 0.15) is 17.2 Å². The van der Waals surface area contributed by atoms with Crippen LogP contribution in [0, 0.1) is 11.2 Å². The zero-order valence-electron chi connectivity index (χ0n) is 12.6. The highest BCUT2D eigenvalue weighted by molar-refractivity contribution is 5.70. The number of ether oxygens (including phenoxy) is 1. The van der Waals surface area contributed by atoms with Crippen LogP contribution in [0.4, 0.5) is 15.0 Å². The molecule has 2 fully saturated rings. The van der Waals surface area contributed by atoms with Crippen LogP contribution in [0.2, 0.25) is 0 Å². The Labute approximate surface area is 123 Å². The van der Waals surface area contributed by atoms with Gasteiger partial charge in [-0.2, -0.15) is 0 Å². The first-order valence-corrected chi connectivity index (χ1v) is 7.11. The van der Waals surface area contributed by atoms with E-state index in [1.54, 1.807) is 11.0 Å². The second-order valence-corrected chi connectivity index (χ2v) is 7.03. The van der Waals surface area contributed by atoms with E-state index in [1.165, 1.54) is 12.3 Å². The summed E-state index contributed by atoms with van der Waals surface area (Å²) in [6.45, 7) is 8.75. The average Bonchev–Trinajstić information content (AvgIpc) is 2.25. The average molecular weight is 293 g/mol. The first-order chi connectivity index (χ1) is 9.76. The normalized spacial score (nSPS) is 20.0. The van der Waals surface area contributed by atoms with Crippen LogP contribution < -0.4 is 4.90 Å². The smallest absolute Gasteiger partial charge is 0.410 e. The molecule has 0 aromatic carbocycles. The fourth-order valence-electron chi connectivity index (χ4n) is 2.90. The van der Waals surface area contributed by atoms with Gasteiger partial charge in [-0.25, -0.2) is 14.2 Å². The molecule has 21 heavy (non-hydrogen) atoms. The van der Waals surface area contributed by atoms with Crippen molar-refractivity contribution in [3.05, 3.63) is 24.1 Å². The molecule has 0 bridgehead atoms. The van der Waals surface area contributed by atoms with Gasteiger partial charge in [0.15, 0.2) is 0 Å². The highest BCUT2D eigenvalue weighted by atomic mass is 19.1. The molecule has 6 heteroatoms.